The van der Waals surface area contributed by atoms with E-state index in [1.165, 1.54) is 11.8 Å². The zero-order valence-electron chi connectivity index (χ0n) is 18.8. The molecular formula is C24H27N3O4S2. The van der Waals surface area contributed by atoms with Crippen LogP contribution in [-0.2, 0) is 19.1 Å². The number of nitrogens with zero attached hydrogens (tertiary/aromatic N) is 1. The summed E-state index contributed by atoms with van der Waals surface area (Å²) in [4.78, 5) is 27.9. The molecule has 3 rings (SSSR count). The molecule has 0 radical (unpaired) electrons. The van der Waals surface area contributed by atoms with Crippen molar-refractivity contribution in [1.82, 2.24) is 10.2 Å². The molecule has 1 aliphatic heterocycles. The summed E-state index contributed by atoms with van der Waals surface area (Å²) in [7, 11) is 3.35. The van der Waals surface area contributed by atoms with Gasteiger partial charge in [0.2, 0.25) is 5.91 Å². The van der Waals surface area contributed by atoms with Crippen molar-refractivity contribution in [1.29, 1.82) is 0 Å². The number of hydrogen-bond acceptors (Lipinski definition) is 6. The second-order valence-corrected chi connectivity index (χ2v) is 8.78. The van der Waals surface area contributed by atoms with Crippen LogP contribution in [0.4, 0.5) is 5.69 Å². The zero-order chi connectivity index (χ0) is 23.8. The molecule has 0 aromatic heterocycles. The second kappa shape index (κ2) is 11.8. The van der Waals surface area contributed by atoms with Crippen molar-refractivity contribution >= 4 is 46.7 Å². The van der Waals surface area contributed by atoms with Gasteiger partial charge in [0.1, 0.15) is 6.61 Å². The summed E-state index contributed by atoms with van der Waals surface area (Å²) in [5, 5.41) is 6.63. The number of allylic oxidation sites excluding steroid dienone is 1. The number of carbonyl (C=O) groups is 2. The molecule has 0 bridgehead atoms. The molecule has 0 aliphatic carbocycles. The third kappa shape index (κ3) is 6.56. The molecular weight excluding hydrogens is 458 g/mol. The molecule has 1 unspecified atom stereocenters. The number of benzene rings is 2. The van der Waals surface area contributed by atoms with E-state index in [-0.39, 0.29) is 12.5 Å². The van der Waals surface area contributed by atoms with Gasteiger partial charge in [-0.25, -0.2) is 4.79 Å². The van der Waals surface area contributed by atoms with Crippen molar-refractivity contribution in [2.75, 3.05) is 38.4 Å². The first kappa shape index (κ1) is 24.8. The standard InChI is InChI=1S/C24H27N3O4S2/c1-16-21(23(29)31-14-13-30-3)22(26-24(32)27(16)2)17-9-11-18(12-10-17)25-20(28)15-33-19-7-5-4-6-8-19/h4-12,22H,13-15H2,1-3H3,(H,25,28)(H,26,32). The van der Waals surface area contributed by atoms with Gasteiger partial charge in [-0.1, -0.05) is 30.3 Å². The highest BCUT2D eigenvalue weighted by Crippen LogP contribution is 2.31. The lowest BCUT2D eigenvalue weighted by atomic mass is 9.95. The quantitative estimate of drug-likeness (QED) is 0.241. The van der Waals surface area contributed by atoms with Crippen molar-refractivity contribution in [3.05, 3.63) is 71.4 Å². The predicted molar refractivity (Wildman–Crippen MR) is 134 cm³/mol. The predicted octanol–water partition coefficient (Wildman–Crippen LogP) is 3.74. The van der Waals surface area contributed by atoms with Gasteiger partial charge in [0, 0.05) is 30.4 Å². The van der Waals surface area contributed by atoms with E-state index in [0.29, 0.717) is 28.7 Å². The maximum absolute atomic E-state index is 12.8. The highest BCUT2D eigenvalue weighted by Gasteiger charge is 2.33. The van der Waals surface area contributed by atoms with Crippen molar-refractivity contribution in [2.45, 2.75) is 17.9 Å². The van der Waals surface area contributed by atoms with Crippen LogP contribution in [0.5, 0.6) is 0 Å². The first-order valence-corrected chi connectivity index (χ1v) is 11.8. The van der Waals surface area contributed by atoms with Crippen LogP contribution in [0.2, 0.25) is 0 Å². The Morgan fingerprint density at radius 1 is 1.12 bits per heavy atom. The Morgan fingerprint density at radius 2 is 1.82 bits per heavy atom. The molecule has 9 heteroatoms. The van der Waals surface area contributed by atoms with Crippen LogP contribution in [-0.4, -0.2) is 55.0 Å². The minimum atomic E-state index is -0.456. The van der Waals surface area contributed by atoms with Gasteiger partial charge in [0.25, 0.3) is 0 Å². The van der Waals surface area contributed by atoms with Gasteiger partial charge in [-0.3, -0.25) is 4.79 Å². The molecule has 2 N–H and O–H groups in total. The molecule has 174 valence electrons. The number of nitrogens with one attached hydrogen (secondary N) is 2. The van der Waals surface area contributed by atoms with Gasteiger partial charge in [-0.2, -0.15) is 0 Å². The molecule has 1 aliphatic rings. The molecule has 7 nitrogen and oxygen atoms in total. The van der Waals surface area contributed by atoms with E-state index in [9.17, 15) is 9.59 Å². The Balaban J connectivity index is 1.70. The van der Waals surface area contributed by atoms with Crippen LogP contribution in [0.25, 0.3) is 0 Å². The van der Waals surface area contributed by atoms with Crippen LogP contribution in [0.15, 0.2) is 70.8 Å². The summed E-state index contributed by atoms with van der Waals surface area (Å²) in [6.45, 7) is 2.33. The maximum Gasteiger partial charge on any atom is 0.338 e. The Hall–Kier alpha value is -2.88. The van der Waals surface area contributed by atoms with E-state index in [1.807, 2.05) is 61.5 Å². The number of ether oxygens (including phenoxy) is 2. The molecule has 1 heterocycles. The van der Waals surface area contributed by atoms with Crippen LogP contribution in [0, 0.1) is 0 Å². The topological polar surface area (TPSA) is 79.9 Å². The smallest absolute Gasteiger partial charge is 0.338 e. The lowest BCUT2D eigenvalue weighted by molar-refractivity contribution is -0.140. The van der Waals surface area contributed by atoms with Gasteiger partial charge in [-0.15, -0.1) is 11.8 Å². The fourth-order valence-electron chi connectivity index (χ4n) is 3.27. The molecule has 33 heavy (non-hydrogen) atoms. The average Bonchev–Trinajstić information content (AvgIpc) is 2.82. The van der Waals surface area contributed by atoms with Gasteiger partial charge in [0.05, 0.1) is 24.0 Å². The van der Waals surface area contributed by atoms with E-state index in [0.717, 1.165) is 16.2 Å². The zero-order valence-corrected chi connectivity index (χ0v) is 20.4. The number of thiocarbonyl (C=S) groups is 1. The van der Waals surface area contributed by atoms with E-state index in [1.54, 1.807) is 19.1 Å². The Morgan fingerprint density at radius 3 is 2.48 bits per heavy atom. The number of methoxy groups -OCH3 is 1. The summed E-state index contributed by atoms with van der Waals surface area (Å²) in [5.74, 6) is -0.198. The largest absolute Gasteiger partial charge is 0.460 e. The highest BCUT2D eigenvalue weighted by molar-refractivity contribution is 8.00. The maximum atomic E-state index is 12.8. The SMILES string of the molecule is COCCOC(=O)C1=C(C)N(C)C(=S)NC1c1ccc(NC(=O)CSc2ccccc2)cc1. The number of hydrogen-bond donors (Lipinski definition) is 2. The monoisotopic (exact) mass is 485 g/mol. The van der Waals surface area contributed by atoms with Crippen LogP contribution in [0.3, 0.4) is 0 Å². The minimum Gasteiger partial charge on any atom is -0.460 e. The van der Waals surface area contributed by atoms with Crippen molar-refractivity contribution in [3.8, 4) is 0 Å². The van der Waals surface area contributed by atoms with Gasteiger partial charge in [0.15, 0.2) is 5.11 Å². The number of anilines is 1. The van der Waals surface area contributed by atoms with Crippen LogP contribution < -0.4 is 10.6 Å². The summed E-state index contributed by atoms with van der Waals surface area (Å²) in [6.07, 6.45) is 0. The molecule has 0 saturated carbocycles. The fraction of sp³-hybridized carbons (Fsp3) is 0.292. The van der Waals surface area contributed by atoms with Crippen molar-refractivity contribution in [3.63, 3.8) is 0 Å². The van der Waals surface area contributed by atoms with Gasteiger partial charge in [-0.05, 0) is 49.0 Å². The first-order chi connectivity index (χ1) is 15.9. The van der Waals surface area contributed by atoms with Crippen LogP contribution in [0.1, 0.15) is 18.5 Å². The summed E-state index contributed by atoms with van der Waals surface area (Å²) in [5.41, 5.74) is 2.72. The molecule has 0 spiro atoms. The lowest BCUT2D eigenvalue weighted by Gasteiger charge is -2.35. The number of carbonyl (C=O) groups excluding carboxylic acids is 2. The van der Waals surface area contributed by atoms with Gasteiger partial charge < -0.3 is 25.0 Å². The summed E-state index contributed by atoms with van der Waals surface area (Å²) < 4.78 is 10.3. The number of thioether (sulfide) groups is 1. The third-order valence-corrected chi connectivity index (χ3v) is 6.54. The lowest BCUT2D eigenvalue weighted by Crippen LogP contribution is -2.46. The number of esters is 1. The molecule has 0 fully saturated rings. The molecule has 1 atom stereocenters. The molecule has 1 amide bonds. The minimum absolute atomic E-state index is 0.0895. The Bertz CT molecular complexity index is 1030. The highest BCUT2D eigenvalue weighted by atomic mass is 32.2. The van der Waals surface area contributed by atoms with E-state index >= 15 is 0 Å². The van der Waals surface area contributed by atoms with E-state index in [4.69, 9.17) is 21.7 Å². The van der Waals surface area contributed by atoms with Crippen molar-refractivity contribution in [2.24, 2.45) is 0 Å². The fourth-order valence-corrected chi connectivity index (χ4v) is 4.24. The van der Waals surface area contributed by atoms with Crippen molar-refractivity contribution < 1.29 is 19.1 Å². The molecule has 2 aromatic rings. The first-order valence-electron chi connectivity index (χ1n) is 10.4. The normalized spacial score (nSPS) is 15.8. The van der Waals surface area contributed by atoms with Gasteiger partial charge >= 0.3 is 5.97 Å². The number of amides is 1. The summed E-state index contributed by atoms with van der Waals surface area (Å²) in [6, 6.07) is 16.7. The van der Waals surface area contributed by atoms with Crippen LogP contribution >= 0.6 is 24.0 Å². The van der Waals surface area contributed by atoms with E-state index < -0.39 is 12.0 Å². The average molecular weight is 486 g/mol. The second-order valence-electron chi connectivity index (χ2n) is 7.34. The Kier molecular flexibility index (Phi) is 8.87. The molecule has 2 aromatic carbocycles. The van der Waals surface area contributed by atoms with E-state index in [2.05, 4.69) is 10.6 Å². The summed E-state index contributed by atoms with van der Waals surface area (Å²) >= 11 is 6.91. The third-order valence-electron chi connectivity index (χ3n) is 5.14. The Labute approximate surface area is 203 Å². The molecule has 0 saturated heterocycles. The number of rotatable bonds is 9.